The van der Waals surface area contributed by atoms with Gasteiger partial charge < -0.3 is 4.90 Å². The van der Waals surface area contributed by atoms with E-state index in [1.54, 1.807) is 6.08 Å². The van der Waals surface area contributed by atoms with Gasteiger partial charge in [-0.15, -0.1) is 0 Å². The van der Waals surface area contributed by atoms with Gasteiger partial charge in [0.05, 0.1) is 0 Å². The van der Waals surface area contributed by atoms with Crippen LogP contribution in [0.4, 0.5) is 5.69 Å². The molecule has 0 aliphatic carbocycles. The van der Waals surface area contributed by atoms with Gasteiger partial charge in [0.1, 0.15) is 6.29 Å². The number of carbonyl (C=O) groups is 1. The van der Waals surface area contributed by atoms with E-state index in [-0.39, 0.29) is 5.41 Å². The third kappa shape index (κ3) is 1.91. The molecule has 0 saturated carbocycles. The van der Waals surface area contributed by atoms with Crippen LogP contribution in [0.15, 0.2) is 36.0 Å². The van der Waals surface area contributed by atoms with Gasteiger partial charge in [-0.3, -0.25) is 4.79 Å². The minimum absolute atomic E-state index is 0.0786. The number of aldehydes is 1. The van der Waals surface area contributed by atoms with Crippen molar-refractivity contribution in [3.63, 3.8) is 0 Å². The lowest BCUT2D eigenvalue weighted by atomic mass is 9.84. The summed E-state index contributed by atoms with van der Waals surface area (Å²) in [4.78, 5) is 13.5. The molecule has 1 unspecified atom stereocenters. The summed E-state index contributed by atoms with van der Waals surface area (Å²) in [5.41, 5.74) is 3.69. The van der Waals surface area contributed by atoms with E-state index >= 15 is 0 Å². The van der Waals surface area contributed by atoms with E-state index in [0.29, 0.717) is 6.04 Å². The first kappa shape index (κ1) is 12.8. The van der Waals surface area contributed by atoms with Gasteiger partial charge in [-0.2, -0.15) is 11.8 Å². The van der Waals surface area contributed by atoms with Crippen LogP contribution < -0.4 is 4.90 Å². The van der Waals surface area contributed by atoms with Crippen molar-refractivity contribution in [2.24, 2.45) is 0 Å². The molecular formula is C16H19NOS. The third-order valence-corrected chi connectivity index (χ3v) is 5.38. The zero-order valence-corrected chi connectivity index (χ0v) is 12.2. The Morgan fingerprint density at radius 2 is 2.16 bits per heavy atom. The Balaban J connectivity index is 2.14. The van der Waals surface area contributed by atoms with E-state index in [2.05, 4.69) is 43.0 Å². The second-order valence-electron chi connectivity index (χ2n) is 5.72. The Labute approximate surface area is 118 Å². The maximum Gasteiger partial charge on any atom is 0.144 e. The highest BCUT2D eigenvalue weighted by Gasteiger charge is 2.43. The lowest BCUT2D eigenvalue weighted by Crippen LogP contribution is -2.35. The molecule has 0 amide bonds. The van der Waals surface area contributed by atoms with Crippen molar-refractivity contribution in [1.29, 1.82) is 0 Å². The predicted octanol–water partition coefficient (Wildman–Crippen LogP) is 3.37. The summed E-state index contributed by atoms with van der Waals surface area (Å²) in [5, 5.41) is 0. The highest BCUT2D eigenvalue weighted by molar-refractivity contribution is 7.99. The number of anilines is 1. The first-order valence-electron chi connectivity index (χ1n) is 6.78. The average Bonchev–Trinajstić information content (AvgIpc) is 2.98. The van der Waals surface area contributed by atoms with Crippen LogP contribution >= 0.6 is 11.8 Å². The van der Waals surface area contributed by atoms with Crippen LogP contribution in [0.1, 0.15) is 25.8 Å². The van der Waals surface area contributed by atoms with Gasteiger partial charge in [0, 0.05) is 28.6 Å². The molecule has 0 radical (unpaired) electrons. The molecule has 1 atom stereocenters. The molecule has 0 bridgehead atoms. The van der Waals surface area contributed by atoms with E-state index < -0.39 is 0 Å². The topological polar surface area (TPSA) is 20.3 Å². The van der Waals surface area contributed by atoms with Gasteiger partial charge >= 0.3 is 0 Å². The van der Waals surface area contributed by atoms with Crippen LogP contribution in [0.5, 0.6) is 0 Å². The lowest BCUT2D eigenvalue weighted by Gasteiger charge is -2.31. The summed E-state index contributed by atoms with van der Waals surface area (Å²) < 4.78 is 0. The fourth-order valence-corrected chi connectivity index (χ4v) is 4.45. The maximum atomic E-state index is 11.1. The minimum Gasteiger partial charge on any atom is -0.340 e. The van der Waals surface area contributed by atoms with Crippen LogP contribution in [0.2, 0.25) is 0 Å². The average molecular weight is 273 g/mol. The van der Waals surface area contributed by atoms with E-state index in [0.717, 1.165) is 17.7 Å². The Hall–Kier alpha value is -1.22. The van der Waals surface area contributed by atoms with Gasteiger partial charge in [-0.1, -0.05) is 32.0 Å². The summed E-state index contributed by atoms with van der Waals surface area (Å²) in [5.74, 6) is 2.37. The number of rotatable bonds is 2. The van der Waals surface area contributed by atoms with Gasteiger partial charge in [0.2, 0.25) is 0 Å². The number of allylic oxidation sites excluding steroid dienone is 2. The van der Waals surface area contributed by atoms with Gasteiger partial charge in [0.15, 0.2) is 0 Å². The molecule has 19 heavy (non-hydrogen) atoms. The van der Waals surface area contributed by atoms with E-state index in [1.165, 1.54) is 23.4 Å². The van der Waals surface area contributed by atoms with Gasteiger partial charge in [-0.25, -0.2) is 0 Å². The van der Waals surface area contributed by atoms with Crippen molar-refractivity contribution in [1.82, 2.24) is 0 Å². The highest BCUT2D eigenvalue weighted by Crippen LogP contribution is 2.49. The summed E-state index contributed by atoms with van der Waals surface area (Å²) in [7, 11) is 0. The monoisotopic (exact) mass is 273 g/mol. The fourth-order valence-electron chi connectivity index (χ4n) is 3.25. The van der Waals surface area contributed by atoms with Crippen molar-refractivity contribution in [3.8, 4) is 0 Å². The van der Waals surface area contributed by atoms with Crippen molar-refractivity contribution in [2.45, 2.75) is 31.7 Å². The molecule has 3 rings (SSSR count). The molecule has 0 spiro atoms. The molecule has 0 aromatic heterocycles. The normalized spacial score (nSPS) is 26.7. The molecule has 2 aliphatic rings. The number of benzene rings is 1. The van der Waals surface area contributed by atoms with Gasteiger partial charge in [0.25, 0.3) is 0 Å². The lowest BCUT2D eigenvalue weighted by molar-refractivity contribution is -0.104. The number of para-hydroxylation sites is 1. The zero-order chi connectivity index (χ0) is 13.5. The molecule has 1 aromatic carbocycles. The van der Waals surface area contributed by atoms with E-state index in [9.17, 15) is 4.79 Å². The van der Waals surface area contributed by atoms with Crippen LogP contribution in [0.3, 0.4) is 0 Å². The van der Waals surface area contributed by atoms with Crippen LogP contribution in [-0.4, -0.2) is 23.8 Å². The number of nitrogens with zero attached hydrogens (tertiary/aromatic N) is 1. The van der Waals surface area contributed by atoms with Crippen LogP contribution in [0, 0.1) is 0 Å². The Morgan fingerprint density at radius 3 is 2.84 bits per heavy atom. The predicted molar refractivity (Wildman–Crippen MR) is 81.8 cm³/mol. The summed E-state index contributed by atoms with van der Waals surface area (Å²) in [6.07, 6.45) is 3.88. The molecule has 1 saturated heterocycles. The molecule has 100 valence electrons. The Bertz CT molecular complexity index is 529. The standard InChI is InChI=1S/C16H19NOS/c1-16(2)13-5-3-4-6-14(13)17(15(16)7-9-18)12-8-10-19-11-12/h3-7,9,12H,8,10-11H2,1-2H3. The number of fused-ring (bicyclic) bond motifs is 1. The van der Waals surface area contributed by atoms with Crippen molar-refractivity contribution in [3.05, 3.63) is 41.6 Å². The number of carbonyl (C=O) groups excluding carboxylic acids is 1. The maximum absolute atomic E-state index is 11.1. The molecule has 1 fully saturated rings. The minimum atomic E-state index is -0.0786. The van der Waals surface area contributed by atoms with Crippen molar-refractivity contribution >= 4 is 23.7 Å². The Kier molecular flexibility index (Phi) is 3.17. The van der Waals surface area contributed by atoms with Gasteiger partial charge in [-0.05, 0) is 29.9 Å². The molecule has 2 aliphatic heterocycles. The third-order valence-electron chi connectivity index (χ3n) is 4.23. The SMILES string of the molecule is CC1(C)C(=CC=O)N(C2CCSC2)c2ccccc21. The molecule has 0 N–H and O–H groups in total. The smallest absolute Gasteiger partial charge is 0.144 e. The number of thioether (sulfide) groups is 1. The van der Waals surface area contributed by atoms with Crippen molar-refractivity contribution in [2.75, 3.05) is 16.4 Å². The highest BCUT2D eigenvalue weighted by atomic mass is 32.2. The molecule has 3 heteroatoms. The van der Waals surface area contributed by atoms with Crippen LogP contribution in [-0.2, 0) is 10.2 Å². The molecule has 1 aromatic rings. The van der Waals surface area contributed by atoms with Crippen molar-refractivity contribution < 1.29 is 4.79 Å². The van der Waals surface area contributed by atoms with E-state index in [1.807, 2.05) is 11.8 Å². The number of hydrogen-bond donors (Lipinski definition) is 0. The number of hydrogen-bond acceptors (Lipinski definition) is 3. The Morgan fingerprint density at radius 1 is 1.37 bits per heavy atom. The van der Waals surface area contributed by atoms with E-state index in [4.69, 9.17) is 0 Å². The second kappa shape index (κ2) is 4.71. The summed E-state index contributed by atoms with van der Waals surface area (Å²) >= 11 is 2.01. The summed E-state index contributed by atoms with van der Waals surface area (Å²) in [6, 6.07) is 9.08. The summed E-state index contributed by atoms with van der Waals surface area (Å²) in [6.45, 7) is 4.42. The largest absolute Gasteiger partial charge is 0.340 e. The van der Waals surface area contributed by atoms with Crippen LogP contribution in [0.25, 0.3) is 0 Å². The second-order valence-corrected chi connectivity index (χ2v) is 6.87. The quantitative estimate of drug-likeness (QED) is 0.608. The fraction of sp³-hybridized carbons (Fsp3) is 0.438. The molecule has 2 heterocycles. The molecular weight excluding hydrogens is 254 g/mol. The first-order chi connectivity index (χ1) is 9.16. The zero-order valence-electron chi connectivity index (χ0n) is 11.4. The first-order valence-corrected chi connectivity index (χ1v) is 7.94. The molecule has 2 nitrogen and oxygen atoms in total.